The van der Waals surface area contributed by atoms with E-state index in [9.17, 15) is 9.59 Å². The lowest BCUT2D eigenvalue weighted by atomic mass is 10.1. The molecule has 2 N–H and O–H groups in total. The van der Waals surface area contributed by atoms with Crippen molar-refractivity contribution in [1.29, 1.82) is 0 Å². The first-order valence-electron chi connectivity index (χ1n) is 8.98. The zero-order chi connectivity index (χ0) is 21.5. The number of nitrogens with zero attached hydrogens (tertiary/aromatic N) is 3. The summed E-state index contributed by atoms with van der Waals surface area (Å²) in [5.41, 5.74) is 2.02. The van der Waals surface area contributed by atoms with Crippen LogP contribution in [0.5, 0.6) is 0 Å². The number of halogens is 2. The van der Waals surface area contributed by atoms with Crippen molar-refractivity contribution >= 4 is 61.2 Å². The lowest BCUT2D eigenvalue weighted by Gasteiger charge is -2.08. The molecule has 5 aromatic rings. The number of rotatable bonds is 3. The maximum atomic E-state index is 12.6. The maximum Gasteiger partial charge on any atom is 0.294 e. The van der Waals surface area contributed by atoms with Crippen LogP contribution in [0.3, 0.4) is 0 Å². The maximum absolute atomic E-state index is 12.6. The first-order chi connectivity index (χ1) is 15.0. The molecule has 2 aromatic carbocycles. The van der Waals surface area contributed by atoms with Crippen LogP contribution < -0.4 is 10.9 Å². The van der Waals surface area contributed by atoms with Crippen LogP contribution in [0.2, 0.25) is 5.02 Å². The number of nitrogens with one attached hydrogen (secondary N) is 2. The summed E-state index contributed by atoms with van der Waals surface area (Å²) in [6.45, 7) is 0. The first-order valence-corrected chi connectivity index (χ1v) is 10.1. The fourth-order valence-corrected chi connectivity index (χ4v) is 3.79. The summed E-state index contributed by atoms with van der Waals surface area (Å²) in [6, 6.07) is 10.3. The van der Waals surface area contributed by atoms with Gasteiger partial charge in [0.25, 0.3) is 11.5 Å². The summed E-state index contributed by atoms with van der Waals surface area (Å²) < 4.78 is 6.49. The Bertz CT molecular complexity index is 1530. The van der Waals surface area contributed by atoms with Gasteiger partial charge in [-0.05, 0) is 36.4 Å². The number of fused-ring (bicyclic) bond motifs is 3. The molecule has 0 radical (unpaired) electrons. The van der Waals surface area contributed by atoms with E-state index >= 15 is 0 Å². The summed E-state index contributed by atoms with van der Waals surface area (Å²) in [5, 5.41) is 3.74. The molecule has 3 aromatic heterocycles. The second-order valence-corrected chi connectivity index (χ2v) is 7.93. The predicted molar refractivity (Wildman–Crippen MR) is 120 cm³/mol. The lowest BCUT2D eigenvalue weighted by molar-refractivity contribution is 0.102. The van der Waals surface area contributed by atoms with Crippen LogP contribution in [-0.4, -0.2) is 25.8 Å². The van der Waals surface area contributed by atoms with Crippen molar-refractivity contribution in [2.75, 3.05) is 5.32 Å². The normalized spacial score (nSPS) is 11.2. The molecule has 0 saturated heterocycles. The Morgan fingerprint density at radius 1 is 1.13 bits per heavy atom. The number of aromatic nitrogens is 4. The standard InChI is InChI=1S/C21H11BrClN5O3/c22-11-1-4-16-14(5-11)17-18(31-16)21(30)28-19(27-17)13-3-2-12(6-15(13)23)26-20(29)10-7-24-9-25-8-10/h1-9H,(H,26,29)(H,27,28,30). The van der Waals surface area contributed by atoms with Crippen molar-refractivity contribution in [3.63, 3.8) is 0 Å². The number of hydrogen-bond acceptors (Lipinski definition) is 6. The highest BCUT2D eigenvalue weighted by atomic mass is 79.9. The van der Waals surface area contributed by atoms with Crippen molar-refractivity contribution in [3.8, 4) is 11.4 Å². The molecule has 5 rings (SSSR count). The monoisotopic (exact) mass is 495 g/mol. The van der Waals surface area contributed by atoms with E-state index < -0.39 is 5.56 Å². The van der Waals surface area contributed by atoms with Crippen LogP contribution in [-0.2, 0) is 0 Å². The van der Waals surface area contributed by atoms with Crippen molar-refractivity contribution in [2.45, 2.75) is 0 Å². The molecular weight excluding hydrogens is 486 g/mol. The van der Waals surface area contributed by atoms with Gasteiger partial charge in [-0.3, -0.25) is 9.59 Å². The van der Waals surface area contributed by atoms with E-state index in [1.165, 1.54) is 18.7 Å². The molecule has 0 aliphatic heterocycles. The average Bonchev–Trinajstić information content (AvgIpc) is 3.13. The number of H-pyrrole nitrogens is 1. The zero-order valence-electron chi connectivity index (χ0n) is 15.5. The fraction of sp³-hybridized carbons (Fsp3) is 0. The van der Waals surface area contributed by atoms with Gasteiger partial charge in [0.15, 0.2) is 0 Å². The van der Waals surface area contributed by atoms with Crippen molar-refractivity contribution in [2.24, 2.45) is 0 Å². The third-order valence-corrected chi connectivity index (χ3v) is 5.40. The Morgan fingerprint density at radius 2 is 1.94 bits per heavy atom. The van der Waals surface area contributed by atoms with E-state index in [4.69, 9.17) is 16.0 Å². The Morgan fingerprint density at radius 3 is 2.71 bits per heavy atom. The van der Waals surface area contributed by atoms with Crippen LogP contribution in [0.1, 0.15) is 10.4 Å². The molecule has 1 amide bonds. The minimum absolute atomic E-state index is 0.141. The molecule has 0 bridgehead atoms. The third kappa shape index (κ3) is 3.58. The summed E-state index contributed by atoms with van der Waals surface area (Å²) in [5.74, 6) is -0.0766. The van der Waals surface area contributed by atoms with Gasteiger partial charge in [-0.2, -0.15) is 0 Å². The quantitative estimate of drug-likeness (QED) is 0.371. The van der Waals surface area contributed by atoms with E-state index in [1.54, 1.807) is 24.3 Å². The topological polar surface area (TPSA) is 114 Å². The van der Waals surface area contributed by atoms with Gasteiger partial charge >= 0.3 is 0 Å². The summed E-state index contributed by atoms with van der Waals surface area (Å²) in [7, 11) is 0. The molecule has 0 fully saturated rings. The molecule has 0 atom stereocenters. The number of furan rings is 1. The molecule has 31 heavy (non-hydrogen) atoms. The minimum Gasteiger partial charge on any atom is -0.449 e. The van der Waals surface area contributed by atoms with Crippen LogP contribution in [0.15, 0.2) is 68.8 Å². The van der Waals surface area contributed by atoms with Crippen LogP contribution in [0.4, 0.5) is 5.69 Å². The van der Waals surface area contributed by atoms with E-state index in [0.717, 1.165) is 4.47 Å². The molecule has 3 heterocycles. The summed E-state index contributed by atoms with van der Waals surface area (Å²) in [4.78, 5) is 39.8. The van der Waals surface area contributed by atoms with Gasteiger partial charge in [0.1, 0.15) is 23.3 Å². The average molecular weight is 497 g/mol. The summed E-state index contributed by atoms with van der Waals surface area (Å²) >= 11 is 9.87. The van der Waals surface area contributed by atoms with Gasteiger partial charge in [0.2, 0.25) is 5.58 Å². The predicted octanol–water partition coefficient (Wildman–Crippen LogP) is 4.79. The van der Waals surface area contributed by atoms with E-state index in [-0.39, 0.29) is 11.5 Å². The van der Waals surface area contributed by atoms with E-state index in [0.29, 0.717) is 44.1 Å². The van der Waals surface area contributed by atoms with Crippen molar-refractivity contribution < 1.29 is 9.21 Å². The number of carbonyl (C=O) groups is 1. The van der Waals surface area contributed by atoms with Crippen LogP contribution >= 0.6 is 27.5 Å². The largest absolute Gasteiger partial charge is 0.449 e. The molecule has 152 valence electrons. The second-order valence-electron chi connectivity index (χ2n) is 6.61. The molecule has 0 spiro atoms. The highest BCUT2D eigenvalue weighted by molar-refractivity contribution is 9.10. The SMILES string of the molecule is O=C(Nc1ccc(-c2nc3c(oc4ccc(Br)cc43)c(=O)[nH]2)c(Cl)c1)c1cncnc1. The Balaban J connectivity index is 1.54. The van der Waals surface area contributed by atoms with Crippen molar-refractivity contribution in [3.05, 3.63) is 80.5 Å². The van der Waals surface area contributed by atoms with Gasteiger partial charge in [0.05, 0.1) is 10.6 Å². The zero-order valence-corrected chi connectivity index (χ0v) is 17.9. The number of amides is 1. The smallest absolute Gasteiger partial charge is 0.294 e. The molecule has 0 unspecified atom stereocenters. The number of benzene rings is 2. The number of carbonyl (C=O) groups excluding carboxylic acids is 1. The Kier molecular flexibility index (Phi) is 4.76. The number of aromatic amines is 1. The highest BCUT2D eigenvalue weighted by Crippen LogP contribution is 2.32. The fourth-order valence-electron chi connectivity index (χ4n) is 3.16. The van der Waals surface area contributed by atoms with Crippen LogP contribution in [0.25, 0.3) is 33.5 Å². The first kappa shape index (κ1) is 19.4. The van der Waals surface area contributed by atoms with Gasteiger partial charge in [-0.25, -0.2) is 15.0 Å². The molecular formula is C21H11BrClN5O3. The Labute approximate surface area is 187 Å². The number of anilines is 1. The highest BCUT2D eigenvalue weighted by Gasteiger charge is 2.16. The van der Waals surface area contributed by atoms with E-state index in [1.807, 2.05) is 12.1 Å². The number of hydrogen-bond donors (Lipinski definition) is 2. The molecule has 0 aliphatic rings. The van der Waals surface area contributed by atoms with Gasteiger partial charge < -0.3 is 14.7 Å². The molecule has 0 aliphatic carbocycles. The molecule has 8 nitrogen and oxygen atoms in total. The van der Waals surface area contributed by atoms with Gasteiger partial charge in [0, 0.05) is 33.5 Å². The third-order valence-electron chi connectivity index (χ3n) is 4.59. The second kappa shape index (κ2) is 7.60. The van der Waals surface area contributed by atoms with Crippen LogP contribution in [0, 0.1) is 0 Å². The van der Waals surface area contributed by atoms with E-state index in [2.05, 4.69) is 41.2 Å². The lowest BCUT2D eigenvalue weighted by Crippen LogP contribution is -2.12. The van der Waals surface area contributed by atoms with Crippen molar-refractivity contribution in [1.82, 2.24) is 19.9 Å². The summed E-state index contributed by atoms with van der Waals surface area (Å²) in [6.07, 6.45) is 4.17. The Hall–Kier alpha value is -3.56. The molecule has 0 saturated carbocycles. The molecule has 10 heteroatoms. The van der Waals surface area contributed by atoms with Gasteiger partial charge in [-0.1, -0.05) is 27.5 Å². The minimum atomic E-state index is -0.412. The van der Waals surface area contributed by atoms with Gasteiger partial charge in [-0.15, -0.1) is 0 Å².